The Kier molecular flexibility index (Phi) is 4.10. The smallest absolute Gasteiger partial charge is 0.0533 e. The summed E-state index contributed by atoms with van der Waals surface area (Å²) < 4.78 is 11.7. The molecule has 0 saturated heterocycles. The van der Waals surface area contributed by atoms with Crippen molar-refractivity contribution in [1.29, 1.82) is 0 Å². The Balaban J connectivity index is 2.84. The van der Waals surface area contributed by atoms with Crippen LogP contribution in [0, 0.1) is 6.92 Å². The summed E-state index contributed by atoms with van der Waals surface area (Å²) in [4.78, 5) is 0.776. The van der Waals surface area contributed by atoms with Gasteiger partial charge in [0.1, 0.15) is 0 Å². The van der Waals surface area contributed by atoms with Gasteiger partial charge in [0, 0.05) is 22.9 Å². The van der Waals surface area contributed by atoms with Gasteiger partial charge in [-0.2, -0.15) is 0 Å². The number of hydrogen-bond acceptors (Lipinski definition) is 3. The van der Waals surface area contributed by atoms with Crippen molar-refractivity contribution in [3.05, 3.63) is 23.8 Å². The average molecular weight is 213 g/mol. The summed E-state index contributed by atoms with van der Waals surface area (Å²) in [6.45, 7) is 1.94. The predicted molar refractivity (Wildman–Crippen MR) is 58.6 cm³/mol. The van der Waals surface area contributed by atoms with E-state index in [9.17, 15) is 4.21 Å². The zero-order valence-corrected chi connectivity index (χ0v) is 9.01. The maximum absolute atomic E-state index is 11.7. The first-order valence-electron chi connectivity index (χ1n) is 4.51. The van der Waals surface area contributed by atoms with E-state index in [0.717, 1.165) is 10.5 Å². The van der Waals surface area contributed by atoms with Crippen LogP contribution >= 0.6 is 0 Å². The fraction of sp³-hybridized carbons (Fsp3) is 0.400. The van der Waals surface area contributed by atoms with Crippen molar-refractivity contribution in [2.24, 2.45) is 0 Å². The standard InChI is InChI=1S/C10H15NO2S/c1-8-9(11)4-2-5-10(8)14(13)7-3-6-12/h2,4-5,12H,3,6-7,11H2,1H3. The molecule has 0 radical (unpaired) electrons. The number of anilines is 1. The molecular weight excluding hydrogens is 198 g/mol. The van der Waals surface area contributed by atoms with E-state index in [4.69, 9.17) is 10.8 Å². The van der Waals surface area contributed by atoms with Gasteiger partial charge in [-0.15, -0.1) is 0 Å². The number of nitrogens with two attached hydrogens (primary N) is 1. The van der Waals surface area contributed by atoms with Crippen LogP contribution in [0.15, 0.2) is 23.1 Å². The van der Waals surface area contributed by atoms with Crippen LogP contribution in [0.1, 0.15) is 12.0 Å². The molecule has 1 atom stereocenters. The first kappa shape index (κ1) is 11.2. The average Bonchev–Trinajstić information content (AvgIpc) is 2.18. The van der Waals surface area contributed by atoms with Crippen LogP contribution in [0.25, 0.3) is 0 Å². The second-order valence-electron chi connectivity index (χ2n) is 3.10. The van der Waals surface area contributed by atoms with Crippen LogP contribution in [-0.4, -0.2) is 21.7 Å². The molecule has 0 aliphatic heterocycles. The molecule has 1 unspecified atom stereocenters. The minimum Gasteiger partial charge on any atom is -0.398 e. The lowest BCUT2D eigenvalue weighted by Crippen LogP contribution is -2.03. The summed E-state index contributed by atoms with van der Waals surface area (Å²) in [5.74, 6) is 0.487. The molecule has 0 amide bonds. The summed E-state index contributed by atoms with van der Waals surface area (Å²) in [6.07, 6.45) is 0.556. The van der Waals surface area contributed by atoms with Crippen molar-refractivity contribution in [2.75, 3.05) is 18.1 Å². The Morgan fingerprint density at radius 1 is 1.50 bits per heavy atom. The van der Waals surface area contributed by atoms with Gasteiger partial charge >= 0.3 is 0 Å². The third-order valence-corrected chi connectivity index (χ3v) is 3.65. The Morgan fingerprint density at radius 3 is 2.86 bits per heavy atom. The van der Waals surface area contributed by atoms with Crippen molar-refractivity contribution in [2.45, 2.75) is 18.2 Å². The topological polar surface area (TPSA) is 63.3 Å². The summed E-state index contributed by atoms with van der Waals surface area (Å²) in [6, 6.07) is 5.41. The third-order valence-electron chi connectivity index (χ3n) is 2.06. The van der Waals surface area contributed by atoms with Gasteiger partial charge in [0.2, 0.25) is 0 Å². The van der Waals surface area contributed by atoms with Gasteiger partial charge in [-0.25, -0.2) is 0 Å². The van der Waals surface area contributed by atoms with E-state index in [1.807, 2.05) is 13.0 Å². The Bertz CT molecular complexity index is 339. The molecule has 4 heteroatoms. The fourth-order valence-corrected chi connectivity index (χ4v) is 2.48. The summed E-state index contributed by atoms with van der Waals surface area (Å²) in [5.41, 5.74) is 7.25. The second-order valence-corrected chi connectivity index (χ2v) is 4.64. The van der Waals surface area contributed by atoms with Crippen LogP contribution in [-0.2, 0) is 10.8 Å². The van der Waals surface area contributed by atoms with Crippen molar-refractivity contribution in [1.82, 2.24) is 0 Å². The van der Waals surface area contributed by atoms with Gasteiger partial charge < -0.3 is 10.8 Å². The number of rotatable bonds is 4. The monoisotopic (exact) mass is 213 g/mol. The SMILES string of the molecule is Cc1c(N)cccc1S(=O)CCCO. The highest BCUT2D eigenvalue weighted by atomic mass is 32.2. The molecule has 0 bridgehead atoms. The third kappa shape index (κ3) is 2.56. The molecule has 0 aromatic heterocycles. The molecule has 1 aromatic rings. The molecule has 14 heavy (non-hydrogen) atoms. The molecule has 0 saturated carbocycles. The Morgan fingerprint density at radius 2 is 2.21 bits per heavy atom. The van der Waals surface area contributed by atoms with Gasteiger partial charge in [0.25, 0.3) is 0 Å². The second kappa shape index (κ2) is 5.12. The van der Waals surface area contributed by atoms with Crippen molar-refractivity contribution < 1.29 is 9.32 Å². The van der Waals surface area contributed by atoms with Gasteiger partial charge in [0.15, 0.2) is 0 Å². The van der Waals surface area contributed by atoms with E-state index in [1.54, 1.807) is 12.1 Å². The highest BCUT2D eigenvalue weighted by Crippen LogP contribution is 2.19. The molecule has 0 heterocycles. The molecule has 0 aliphatic carbocycles. The van der Waals surface area contributed by atoms with E-state index in [1.165, 1.54) is 0 Å². The molecule has 78 valence electrons. The molecule has 0 spiro atoms. The predicted octanol–water partition coefficient (Wildman–Crippen LogP) is 1.07. The number of aliphatic hydroxyl groups excluding tert-OH is 1. The Labute approximate surface area is 86.4 Å². The van der Waals surface area contributed by atoms with Crippen LogP contribution < -0.4 is 5.73 Å². The first-order valence-corrected chi connectivity index (χ1v) is 5.83. The molecular formula is C10H15NO2S. The number of aliphatic hydroxyl groups is 1. The molecule has 0 aliphatic rings. The number of hydrogen-bond donors (Lipinski definition) is 2. The highest BCUT2D eigenvalue weighted by Gasteiger charge is 2.07. The minimum absolute atomic E-state index is 0.0765. The summed E-state index contributed by atoms with van der Waals surface area (Å²) in [5, 5.41) is 8.63. The van der Waals surface area contributed by atoms with Gasteiger partial charge in [-0.3, -0.25) is 4.21 Å². The van der Waals surface area contributed by atoms with Crippen molar-refractivity contribution >= 4 is 16.5 Å². The molecule has 0 fully saturated rings. The van der Waals surface area contributed by atoms with E-state index in [-0.39, 0.29) is 6.61 Å². The van der Waals surface area contributed by atoms with E-state index in [2.05, 4.69) is 0 Å². The number of nitrogen functional groups attached to an aromatic ring is 1. The number of benzene rings is 1. The quantitative estimate of drug-likeness (QED) is 0.735. The van der Waals surface area contributed by atoms with Gasteiger partial charge in [0.05, 0.1) is 10.8 Å². The zero-order valence-electron chi connectivity index (χ0n) is 8.19. The lowest BCUT2D eigenvalue weighted by molar-refractivity contribution is 0.296. The molecule has 3 nitrogen and oxygen atoms in total. The van der Waals surface area contributed by atoms with Crippen LogP contribution in [0.2, 0.25) is 0 Å². The summed E-state index contributed by atoms with van der Waals surface area (Å²) in [7, 11) is -1.05. The lowest BCUT2D eigenvalue weighted by atomic mass is 10.2. The maximum Gasteiger partial charge on any atom is 0.0533 e. The lowest BCUT2D eigenvalue weighted by Gasteiger charge is -2.07. The first-order chi connectivity index (χ1) is 6.66. The zero-order chi connectivity index (χ0) is 10.6. The van der Waals surface area contributed by atoms with Crippen LogP contribution in [0.4, 0.5) is 5.69 Å². The highest BCUT2D eigenvalue weighted by molar-refractivity contribution is 7.85. The van der Waals surface area contributed by atoms with Gasteiger partial charge in [-0.1, -0.05) is 6.07 Å². The fourth-order valence-electron chi connectivity index (χ4n) is 1.18. The summed E-state index contributed by atoms with van der Waals surface area (Å²) >= 11 is 0. The van der Waals surface area contributed by atoms with Gasteiger partial charge in [-0.05, 0) is 31.0 Å². The largest absolute Gasteiger partial charge is 0.398 e. The van der Waals surface area contributed by atoms with E-state index in [0.29, 0.717) is 17.9 Å². The van der Waals surface area contributed by atoms with E-state index >= 15 is 0 Å². The minimum atomic E-state index is -1.05. The van der Waals surface area contributed by atoms with Crippen LogP contribution in [0.3, 0.4) is 0 Å². The normalized spacial score (nSPS) is 12.7. The molecule has 1 rings (SSSR count). The Hall–Kier alpha value is -0.870. The molecule has 1 aromatic carbocycles. The van der Waals surface area contributed by atoms with Crippen molar-refractivity contribution in [3.8, 4) is 0 Å². The van der Waals surface area contributed by atoms with Crippen LogP contribution in [0.5, 0.6) is 0 Å². The molecule has 3 N–H and O–H groups in total. The maximum atomic E-state index is 11.7. The van der Waals surface area contributed by atoms with Crippen molar-refractivity contribution in [3.63, 3.8) is 0 Å². The van der Waals surface area contributed by atoms with E-state index < -0.39 is 10.8 Å².